The molecule has 124 valence electrons. The van der Waals surface area contributed by atoms with Crippen LogP contribution >= 0.6 is 0 Å². The van der Waals surface area contributed by atoms with E-state index in [0.29, 0.717) is 22.8 Å². The highest BCUT2D eigenvalue weighted by molar-refractivity contribution is 7.92. The lowest BCUT2D eigenvalue weighted by Gasteiger charge is -2.12. The van der Waals surface area contributed by atoms with Crippen LogP contribution in [0, 0.1) is 0 Å². The molecule has 0 radical (unpaired) electrons. The van der Waals surface area contributed by atoms with Gasteiger partial charge in [0.1, 0.15) is 12.1 Å². The van der Waals surface area contributed by atoms with Gasteiger partial charge in [-0.05, 0) is 36.4 Å². The van der Waals surface area contributed by atoms with Crippen molar-refractivity contribution in [3.05, 3.63) is 54.9 Å². The molecule has 0 spiro atoms. The second kappa shape index (κ2) is 6.32. The Hall–Kier alpha value is -2.87. The predicted molar refractivity (Wildman–Crippen MR) is 90.2 cm³/mol. The number of hydrogen-bond donors (Lipinski definition) is 1. The Morgan fingerprint density at radius 1 is 1.08 bits per heavy atom. The number of ether oxygens (including phenoxy) is 1. The quantitative estimate of drug-likeness (QED) is 0.767. The Balaban J connectivity index is 1.97. The van der Waals surface area contributed by atoms with Crippen molar-refractivity contribution in [1.82, 2.24) is 14.8 Å². The van der Waals surface area contributed by atoms with E-state index < -0.39 is 10.0 Å². The van der Waals surface area contributed by atoms with Gasteiger partial charge in [-0.1, -0.05) is 12.1 Å². The molecule has 3 rings (SSSR count). The Morgan fingerprint density at radius 2 is 1.79 bits per heavy atom. The fraction of sp³-hybridized carbons (Fsp3) is 0.125. The normalized spacial score (nSPS) is 11.2. The van der Waals surface area contributed by atoms with Crippen LogP contribution < -0.4 is 9.46 Å². The van der Waals surface area contributed by atoms with Gasteiger partial charge in [-0.15, -0.1) is 10.2 Å². The van der Waals surface area contributed by atoms with Gasteiger partial charge in [0.15, 0.2) is 5.82 Å². The lowest BCUT2D eigenvalue weighted by Crippen LogP contribution is -2.14. The number of aryl methyl sites for hydroxylation is 1. The van der Waals surface area contributed by atoms with E-state index in [-0.39, 0.29) is 4.90 Å². The Kier molecular flexibility index (Phi) is 4.22. The van der Waals surface area contributed by atoms with Crippen LogP contribution in [0.3, 0.4) is 0 Å². The zero-order valence-electron chi connectivity index (χ0n) is 13.2. The van der Waals surface area contributed by atoms with Gasteiger partial charge < -0.3 is 9.30 Å². The maximum absolute atomic E-state index is 12.6. The number of sulfonamides is 1. The number of rotatable bonds is 5. The van der Waals surface area contributed by atoms with E-state index in [1.807, 2.05) is 6.07 Å². The number of hydrogen-bond acceptors (Lipinski definition) is 5. The average Bonchev–Trinajstić information content (AvgIpc) is 3.01. The van der Waals surface area contributed by atoms with E-state index in [4.69, 9.17) is 4.74 Å². The maximum atomic E-state index is 12.6. The summed E-state index contributed by atoms with van der Waals surface area (Å²) in [4.78, 5) is 0.149. The number of para-hydroxylation sites is 1. The van der Waals surface area contributed by atoms with Crippen molar-refractivity contribution < 1.29 is 13.2 Å². The number of anilines is 1. The van der Waals surface area contributed by atoms with Crippen molar-refractivity contribution in [3.8, 4) is 17.1 Å². The molecule has 0 saturated carbocycles. The summed E-state index contributed by atoms with van der Waals surface area (Å²) < 4.78 is 34.6. The van der Waals surface area contributed by atoms with Gasteiger partial charge >= 0.3 is 0 Å². The van der Waals surface area contributed by atoms with Crippen LogP contribution in [0.25, 0.3) is 11.4 Å². The molecule has 2 aromatic carbocycles. The molecule has 0 bridgehead atoms. The highest BCUT2D eigenvalue weighted by atomic mass is 32.2. The van der Waals surface area contributed by atoms with Gasteiger partial charge in [-0.2, -0.15) is 0 Å². The van der Waals surface area contributed by atoms with Gasteiger partial charge in [0.25, 0.3) is 10.0 Å². The first-order valence-corrected chi connectivity index (χ1v) is 8.60. The highest BCUT2D eigenvalue weighted by Crippen LogP contribution is 2.28. The first-order chi connectivity index (χ1) is 11.5. The molecule has 0 aliphatic carbocycles. The Labute approximate surface area is 140 Å². The molecular formula is C16H16N4O3S. The van der Waals surface area contributed by atoms with Gasteiger partial charge in [0.05, 0.1) is 17.7 Å². The lowest BCUT2D eigenvalue weighted by atomic mass is 10.2. The monoisotopic (exact) mass is 344 g/mol. The molecule has 0 atom stereocenters. The minimum Gasteiger partial charge on any atom is -0.497 e. The summed E-state index contributed by atoms with van der Waals surface area (Å²) in [6, 6.07) is 13.2. The topological polar surface area (TPSA) is 86.1 Å². The van der Waals surface area contributed by atoms with Crippen LogP contribution in [0.2, 0.25) is 0 Å². The van der Waals surface area contributed by atoms with Gasteiger partial charge in [-0.25, -0.2) is 8.42 Å². The molecule has 0 amide bonds. The predicted octanol–water partition coefficient (Wildman–Crippen LogP) is 2.29. The van der Waals surface area contributed by atoms with Crippen LogP contribution in [-0.2, 0) is 17.1 Å². The smallest absolute Gasteiger partial charge is 0.261 e. The van der Waals surface area contributed by atoms with Crippen LogP contribution in [0.4, 0.5) is 5.69 Å². The molecule has 1 N–H and O–H groups in total. The SMILES string of the molecule is COc1ccc(S(=O)(=O)Nc2ccccc2-c2nncn2C)cc1. The van der Waals surface area contributed by atoms with Crippen LogP contribution in [0.1, 0.15) is 0 Å². The van der Waals surface area contributed by atoms with Crippen molar-refractivity contribution in [2.45, 2.75) is 4.90 Å². The van der Waals surface area contributed by atoms with Gasteiger partial charge in [0.2, 0.25) is 0 Å². The summed E-state index contributed by atoms with van der Waals surface area (Å²) >= 11 is 0. The summed E-state index contributed by atoms with van der Waals surface area (Å²) in [5.41, 5.74) is 1.08. The molecule has 0 aliphatic rings. The largest absolute Gasteiger partial charge is 0.497 e. The Morgan fingerprint density at radius 3 is 2.42 bits per heavy atom. The van der Waals surface area contributed by atoms with Crippen molar-refractivity contribution in [1.29, 1.82) is 0 Å². The number of methoxy groups -OCH3 is 1. The number of nitrogens with one attached hydrogen (secondary N) is 1. The third kappa shape index (κ3) is 3.09. The summed E-state index contributed by atoms with van der Waals surface area (Å²) in [7, 11) is -0.405. The van der Waals surface area contributed by atoms with E-state index in [9.17, 15) is 8.42 Å². The first-order valence-electron chi connectivity index (χ1n) is 7.11. The lowest BCUT2D eigenvalue weighted by molar-refractivity contribution is 0.414. The number of nitrogens with zero attached hydrogens (tertiary/aromatic N) is 3. The van der Waals surface area contributed by atoms with Gasteiger partial charge in [-0.3, -0.25) is 4.72 Å². The third-order valence-electron chi connectivity index (χ3n) is 3.49. The molecular weight excluding hydrogens is 328 g/mol. The molecule has 3 aromatic rings. The summed E-state index contributed by atoms with van der Waals surface area (Å²) in [5.74, 6) is 1.16. The first kappa shape index (κ1) is 16.0. The molecule has 1 heterocycles. The third-order valence-corrected chi connectivity index (χ3v) is 4.87. The minimum absolute atomic E-state index is 0.149. The average molecular weight is 344 g/mol. The van der Waals surface area contributed by atoms with E-state index in [2.05, 4.69) is 14.9 Å². The summed E-state index contributed by atoms with van der Waals surface area (Å²) in [5, 5.41) is 7.87. The molecule has 0 aliphatic heterocycles. The maximum Gasteiger partial charge on any atom is 0.261 e. The summed E-state index contributed by atoms with van der Waals surface area (Å²) in [6.45, 7) is 0. The van der Waals surface area contributed by atoms with Crippen LogP contribution in [0.5, 0.6) is 5.75 Å². The molecule has 1 aromatic heterocycles. The van der Waals surface area contributed by atoms with E-state index in [1.165, 1.54) is 19.2 Å². The number of benzene rings is 2. The van der Waals surface area contributed by atoms with Crippen molar-refractivity contribution in [2.24, 2.45) is 7.05 Å². The van der Waals surface area contributed by atoms with Crippen LogP contribution in [0.15, 0.2) is 59.8 Å². The van der Waals surface area contributed by atoms with Crippen molar-refractivity contribution in [2.75, 3.05) is 11.8 Å². The van der Waals surface area contributed by atoms with Crippen LogP contribution in [-0.4, -0.2) is 30.3 Å². The van der Waals surface area contributed by atoms with Crippen molar-refractivity contribution >= 4 is 15.7 Å². The Bertz CT molecular complexity index is 949. The van der Waals surface area contributed by atoms with Crippen molar-refractivity contribution in [3.63, 3.8) is 0 Å². The molecule has 0 fully saturated rings. The molecule has 8 heteroatoms. The molecule has 24 heavy (non-hydrogen) atoms. The zero-order chi connectivity index (χ0) is 17.2. The van der Waals surface area contributed by atoms with E-state index >= 15 is 0 Å². The fourth-order valence-corrected chi connectivity index (χ4v) is 3.33. The number of aromatic nitrogens is 3. The standard InChI is InChI=1S/C16H16N4O3S/c1-20-11-17-18-16(20)14-5-3-4-6-15(14)19-24(21,22)13-9-7-12(23-2)8-10-13/h3-11,19H,1-2H3. The van der Waals surface area contributed by atoms with Gasteiger partial charge in [0, 0.05) is 12.6 Å². The molecule has 0 saturated heterocycles. The highest BCUT2D eigenvalue weighted by Gasteiger charge is 2.18. The second-order valence-electron chi connectivity index (χ2n) is 5.09. The van der Waals surface area contributed by atoms with E-state index in [0.717, 1.165) is 0 Å². The van der Waals surface area contributed by atoms with E-state index in [1.54, 1.807) is 48.3 Å². The molecule has 0 unspecified atom stereocenters. The summed E-state index contributed by atoms with van der Waals surface area (Å²) in [6.07, 6.45) is 1.56. The minimum atomic E-state index is -3.73. The zero-order valence-corrected chi connectivity index (χ0v) is 14.0. The fourth-order valence-electron chi connectivity index (χ4n) is 2.25. The second-order valence-corrected chi connectivity index (χ2v) is 6.77. The molecule has 7 nitrogen and oxygen atoms in total.